The number of nitrogens with zero attached hydrogens (tertiary/aromatic N) is 1. The minimum Gasteiger partial charge on any atom is -0.467 e. The van der Waals surface area contributed by atoms with Crippen LogP contribution in [0.15, 0.2) is 15.8 Å². The van der Waals surface area contributed by atoms with E-state index in [-0.39, 0.29) is 0 Å². The second-order valence-electron chi connectivity index (χ2n) is 4.91. The molecule has 0 unspecified atom stereocenters. The molecule has 0 aromatic carbocycles. The predicted molar refractivity (Wildman–Crippen MR) is 71.3 cm³/mol. The molecule has 1 fully saturated rings. The summed E-state index contributed by atoms with van der Waals surface area (Å²) in [7, 11) is 1.00. The van der Waals surface area contributed by atoms with Crippen LogP contribution in [0.5, 0.6) is 0 Å². The molecule has 23 heavy (non-hydrogen) atoms. The van der Waals surface area contributed by atoms with Gasteiger partial charge in [-0.2, -0.15) is 0 Å². The minimum absolute atomic E-state index is 0.505. The molecule has 128 valence electrons. The maximum Gasteiger partial charge on any atom is 0.339 e. The maximum absolute atomic E-state index is 11.9. The van der Waals surface area contributed by atoms with E-state index in [1.165, 1.54) is 0 Å². The van der Waals surface area contributed by atoms with Gasteiger partial charge >= 0.3 is 11.7 Å². The number of rotatable bonds is 4. The summed E-state index contributed by atoms with van der Waals surface area (Å²) in [6.07, 6.45) is -6.72. The standard InChI is InChI=1S/C12H16N2O9/c1-22-11(20)6(16)4-2-14(12(21)13-9(4)19)10-8(18)7(17)5(3-15)23-10/h2,5-8,10,15-18H,3H2,1H3,(H,13,19,21)/t5-,6-,7-,8-,10-/m1/s1. The lowest BCUT2D eigenvalue weighted by molar-refractivity contribution is -0.150. The Morgan fingerprint density at radius 3 is 2.61 bits per heavy atom. The summed E-state index contributed by atoms with van der Waals surface area (Å²) < 4.78 is 10.2. The average molecular weight is 332 g/mol. The lowest BCUT2D eigenvalue weighted by Gasteiger charge is -2.18. The second kappa shape index (κ2) is 6.60. The number of ether oxygens (including phenoxy) is 2. The Kier molecular flexibility index (Phi) is 4.97. The third kappa shape index (κ3) is 3.04. The number of H-pyrrole nitrogens is 1. The zero-order chi connectivity index (χ0) is 17.3. The van der Waals surface area contributed by atoms with Crippen molar-refractivity contribution in [1.29, 1.82) is 0 Å². The summed E-state index contributed by atoms with van der Waals surface area (Å²) in [6.45, 7) is -0.607. The Bertz CT molecular complexity index is 697. The van der Waals surface area contributed by atoms with Gasteiger partial charge in [0, 0.05) is 6.20 Å². The first kappa shape index (κ1) is 17.3. The highest BCUT2D eigenvalue weighted by Gasteiger charge is 2.44. The van der Waals surface area contributed by atoms with Crippen LogP contribution in [0.3, 0.4) is 0 Å². The van der Waals surface area contributed by atoms with Gasteiger partial charge in [0.1, 0.15) is 18.3 Å². The Balaban J connectivity index is 2.46. The van der Waals surface area contributed by atoms with E-state index in [0.29, 0.717) is 4.57 Å². The van der Waals surface area contributed by atoms with Crippen molar-refractivity contribution in [3.8, 4) is 0 Å². The zero-order valence-electron chi connectivity index (χ0n) is 11.9. The Morgan fingerprint density at radius 2 is 2.09 bits per heavy atom. The van der Waals surface area contributed by atoms with Gasteiger partial charge < -0.3 is 29.9 Å². The molecule has 2 rings (SSSR count). The summed E-state index contributed by atoms with van der Waals surface area (Å²) in [6, 6.07) is 0. The molecule has 5 N–H and O–H groups in total. The Labute approximate surface area is 128 Å². The molecule has 0 aliphatic carbocycles. The number of carbonyl (C=O) groups excluding carboxylic acids is 1. The summed E-state index contributed by atoms with van der Waals surface area (Å²) in [5.74, 6) is -1.12. The molecule has 0 bridgehead atoms. The highest BCUT2D eigenvalue weighted by Crippen LogP contribution is 2.28. The minimum atomic E-state index is -1.95. The molecule has 11 heteroatoms. The zero-order valence-corrected chi connectivity index (χ0v) is 11.9. The lowest BCUT2D eigenvalue weighted by atomic mass is 10.1. The van der Waals surface area contributed by atoms with Crippen LogP contribution in [0.2, 0.25) is 0 Å². The van der Waals surface area contributed by atoms with Crippen molar-refractivity contribution >= 4 is 5.97 Å². The van der Waals surface area contributed by atoms with E-state index in [1.54, 1.807) is 0 Å². The lowest BCUT2D eigenvalue weighted by Crippen LogP contribution is -2.39. The molecule has 5 atom stereocenters. The van der Waals surface area contributed by atoms with Crippen molar-refractivity contribution < 1.29 is 34.7 Å². The molecule has 0 saturated carbocycles. The van der Waals surface area contributed by atoms with Crippen LogP contribution in [0.1, 0.15) is 17.9 Å². The fourth-order valence-corrected chi connectivity index (χ4v) is 2.23. The summed E-state index contributed by atoms with van der Waals surface area (Å²) in [5.41, 5.74) is -2.52. The second-order valence-corrected chi connectivity index (χ2v) is 4.91. The first-order chi connectivity index (χ1) is 10.8. The first-order valence-electron chi connectivity index (χ1n) is 6.55. The fourth-order valence-electron chi connectivity index (χ4n) is 2.23. The Hall–Kier alpha value is -2.05. The van der Waals surface area contributed by atoms with Gasteiger partial charge in [-0.1, -0.05) is 0 Å². The number of nitrogens with one attached hydrogen (secondary N) is 1. The molecule has 0 amide bonds. The van der Waals surface area contributed by atoms with Crippen LogP contribution >= 0.6 is 0 Å². The predicted octanol–water partition coefficient (Wildman–Crippen LogP) is -3.65. The highest BCUT2D eigenvalue weighted by molar-refractivity contribution is 5.75. The molecule has 2 heterocycles. The molecule has 0 radical (unpaired) electrons. The van der Waals surface area contributed by atoms with E-state index in [4.69, 9.17) is 9.84 Å². The van der Waals surface area contributed by atoms with Crippen molar-refractivity contribution in [3.63, 3.8) is 0 Å². The number of hydrogen-bond acceptors (Lipinski definition) is 9. The molecule has 1 aromatic rings. The van der Waals surface area contributed by atoms with Gasteiger partial charge in [-0.05, 0) is 0 Å². The molecule has 1 aromatic heterocycles. The Morgan fingerprint density at radius 1 is 1.43 bits per heavy atom. The third-order valence-electron chi connectivity index (χ3n) is 3.51. The molecule has 11 nitrogen and oxygen atoms in total. The fraction of sp³-hybridized carbons (Fsp3) is 0.583. The van der Waals surface area contributed by atoms with E-state index in [2.05, 4.69) is 4.74 Å². The molecular formula is C12H16N2O9. The molecule has 1 saturated heterocycles. The van der Waals surface area contributed by atoms with Crippen molar-refractivity contribution in [2.24, 2.45) is 0 Å². The van der Waals surface area contributed by atoms with E-state index in [0.717, 1.165) is 13.3 Å². The number of methoxy groups -OCH3 is 1. The van der Waals surface area contributed by atoms with Gasteiger partial charge in [-0.3, -0.25) is 14.3 Å². The first-order valence-corrected chi connectivity index (χ1v) is 6.55. The molecular weight excluding hydrogens is 316 g/mol. The largest absolute Gasteiger partial charge is 0.467 e. The number of aromatic amines is 1. The number of hydrogen-bond donors (Lipinski definition) is 5. The SMILES string of the molecule is COC(=O)[C@H](O)c1cn([C@@H]2O[C@H](CO)[C@@H](O)[C@H]2O)c(=O)[nH]c1=O. The number of esters is 1. The van der Waals surface area contributed by atoms with E-state index < -0.39 is 60.0 Å². The van der Waals surface area contributed by atoms with E-state index in [1.807, 2.05) is 4.98 Å². The van der Waals surface area contributed by atoms with Crippen LogP contribution in [0.25, 0.3) is 0 Å². The van der Waals surface area contributed by atoms with Crippen LogP contribution in [-0.4, -0.2) is 68.0 Å². The quantitative estimate of drug-likeness (QED) is 0.349. The normalized spacial score (nSPS) is 28.6. The monoisotopic (exact) mass is 332 g/mol. The third-order valence-corrected chi connectivity index (χ3v) is 3.51. The van der Waals surface area contributed by atoms with Crippen LogP contribution < -0.4 is 11.2 Å². The smallest absolute Gasteiger partial charge is 0.339 e. The van der Waals surface area contributed by atoms with E-state index >= 15 is 0 Å². The summed E-state index contributed by atoms with van der Waals surface area (Å²) in [4.78, 5) is 36.8. The summed E-state index contributed by atoms with van der Waals surface area (Å²) >= 11 is 0. The van der Waals surface area contributed by atoms with Crippen LogP contribution in [0.4, 0.5) is 0 Å². The van der Waals surface area contributed by atoms with Gasteiger partial charge in [0.25, 0.3) is 5.56 Å². The van der Waals surface area contributed by atoms with Crippen molar-refractivity contribution in [2.45, 2.75) is 30.6 Å². The van der Waals surface area contributed by atoms with Crippen LogP contribution in [-0.2, 0) is 14.3 Å². The van der Waals surface area contributed by atoms with Gasteiger partial charge in [0.15, 0.2) is 12.3 Å². The topological polar surface area (TPSA) is 171 Å². The molecule has 1 aliphatic rings. The van der Waals surface area contributed by atoms with Gasteiger partial charge in [-0.15, -0.1) is 0 Å². The van der Waals surface area contributed by atoms with E-state index in [9.17, 15) is 29.7 Å². The van der Waals surface area contributed by atoms with Gasteiger partial charge in [0.05, 0.1) is 19.3 Å². The molecule has 1 aliphatic heterocycles. The van der Waals surface area contributed by atoms with Gasteiger partial charge in [0.2, 0.25) is 0 Å². The number of aromatic nitrogens is 2. The number of aliphatic hydroxyl groups excluding tert-OH is 4. The average Bonchev–Trinajstić information content (AvgIpc) is 2.81. The molecule has 0 spiro atoms. The number of carbonyl (C=O) groups is 1. The highest BCUT2D eigenvalue weighted by atomic mass is 16.6. The summed E-state index contributed by atoms with van der Waals surface area (Å²) in [5, 5.41) is 38.4. The van der Waals surface area contributed by atoms with Gasteiger partial charge in [-0.25, -0.2) is 9.59 Å². The number of aliphatic hydroxyl groups is 4. The van der Waals surface area contributed by atoms with Crippen LogP contribution in [0, 0.1) is 0 Å². The van der Waals surface area contributed by atoms with Crippen molar-refractivity contribution in [3.05, 3.63) is 32.6 Å². The van der Waals surface area contributed by atoms with Crippen molar-refractivity contribution in [1.82, 2.24) is 9.55 Å². The van der Waals surface area contributed by atoms with Crippen molar-refractivity contribution in [2.75, 3.05) is 13.7 Å². The maximum atomic E-state index is 11.9.